The Hall–Kier alpha value is -0.860. The largest absolute Gasteiger partial charge is 0.273 e. The Bertz CT molecular complexity index is 283. The first kappa shape index (κ1) is 12.6. The van der Waals surface area contributed by atoms with E-state index in [-0.39, 0.29) is 11.8 Å². The van der Waals surface area contributed by atoms with Crippen molar-refractivity contribution in [1.29, 1.82) is 0 Å². The van der Waals surface area contributed by atoms with Crippen LogP contribution in [0, 0.1) is 11.8 Å². The summed E-state index contributed by atoms with van der Waals surface area (Å²) < 4.78 is 0. The molecule has 2 aliphatic rings. The first-order valence-electron chi connectivity index (χ1n) is 7.11. The fourth-order valence-electron chi connectivity index (χ4n) is 2.80. The van der Waals surface area contributed by atoms with E-state index in [4.69, 9.17) is 0 Å². The van der Waals surface area contributed by atoms with Crippen LogP contribution in [-0.4, -0.2) is 11.6 Å². The van der Waals surface area contributed by atoms with Gasteiger partial charge in [-0.05, 0) is 44.4 Å². The molecule has 17 heavy (non-hydrogen) atoms. The van der Waals surface area contributed by atoms with Gasteiger partial charge in [0.2, 0.25) is 5.91 Å². The average Bonchev–Trinajstić information content (AvgIpc) is 2.39. The highest BCUT2D eigenvalue weighted by atomic mass is 16.2. The summed E-state index contributed by atoms with van der Waals surface area (Å²) in [5.41, 5.74) is 3.97. The average molecular weight is 236 g/mol. The molecule has 0 spiro atoms. The summed E-state index contributed by atoms with van der Waals surface area (Å²) in [5, 5.41) is 4.31. The molecule has 2 saturated carbocycles. The van der Waals surface area contributed by atoms with Crippen LogP contribution < -0.4 is 5.43 Å². The molecule has 3 nitrogen and oxygen atoms in total. The molecule has 0 atom stereocenters. The maximum absolute atomic E-state index is 11.9. The van der Waals surface area contributed by atoms with Crippen molar-refractivity contribution in [2.24, 2.45) is 16.9 Å². The number of amides is 1. The second-order valence-corrected chi connectivity index (χ2v) is 5.67. The van der Waals surface area contributed by atoms with Crippen molar-refractivity contribution in [3.63, 3.8) is 0 Å². The van der Waals surface area contributed by atoms with Crippen LogP contribution >= 0.6 is 0 Å². The van der Waals surface area contributed by atoms with E-state index in [0.29, 0.717) is 0 Å². The molecule has 1 N–H and O–H groups in total. The number of nitrogens with zero attached hydrogens (tertiary/aromatic N) is 1. The lowest BCUT2D eigenvalue weighted by Gasteiger charge is -2.21. The minimum atomic E-state index is 0.149. The summed E-state index contributed by atoms with van der Waals surface area (Å²) in [6.45, 7) is 2.29. The lowest BCUT2D eigenvalue weighted by Crippen LogP contribution is -2.29. The van der Waals surface area contributed by atoms with Gasteiger partial charge >= 0.3 is 0 Å². The van der Waals surface area contributed by atoms with Crippen molar-refractivity contribution >= 4 is 11.6 Å². The zero-order valence-electron chi connectivity index (χ0n) is 10.9. The van der Waals surface area contributed by atoms with Crippen LogP contribution in [0.25, 0.3) is 0 Å². The third-order valence-corrected chi connectivity index (χ3v) is 4.15. The van der Waals surface area contributed by atoms with E-state index < -0.39 is 0 Å². The lowest BCUT2D eigenvalue weighted by atomic mass is 9.89. The Labute approximate surface area is 104 Å². The standard InChI is InChI=1S/C14H24N2O/c1-11-7-9-13(10-8-11)15-16-14(17)12-5-3-2-4-6-12/h11-12H,2-10H2,1H3,(H,16,17). The first-order valence-corrected chi connectivity index (χ1v) is 7.11. The van der Waals surface area contributed by atoms with Crippen LogP contribution in [-0.2, 0) is 4.79 Å². The van der Waals surface area contributed by atoms with E-state index >= 15 is 0 Å². The van der Waals surface area contributed by atoms with Gasteiger partial charge in [0, 0.05) is 11.6 Å². The topological polar surface area (TPSA) is 41.5 Å². The molecule has 96 valence electrons. The van der Waals surface area contributed by atoms with Gasteiger partial charge in [0.05, 0.1) is 0 Å². The second-order valence-electron chi connectivity index (χ2n) is 5.67. The monoisotopic (exact) mass is 236 g/mol. The molecule has 0 unspecified atom stereocenters. The Morgan fingerprint density at radius 2 is 1.76 bits per heavy atom. The molecule has 0 heterocycles. The molecule has 2 aliphatic carbocycles. The Kier molecular flexibility index (Phi) is 4.57. The van der Waals surface area contributed by atoms with Crippen molar-refractivity contribution < 1.29 is 4.79 Å². The maximum atomic E-state index is 11.9. The van der Waals surface area contributed by atoms with Gasteiger partial charge in [0.1, 0.15) is 0 Å². The lowest BCUT2D eigenvalue weighted by molar-refractivity contribution is -0.125. The van der Waals surface area contributed by atoms with Gasteiger partial charge in [0.25, 0.3) is 0 Å². The zero-order chi connectivity index (χ0) is 12.1. The Balaban J connectivity index is 1.76. The number of hydrogen-bond acceptors (Lipinski definition) is 2. The number of hydrogen-bond donors (Lipinski definition) is 1. The SMILES string of the molecule is CC1CCC(=NNC(=O)C2CCCCC2)CC1. The normalized spacial score (nSPS) is 26.6. The van der Waals surface area contributed by atoms with E-state index in [0.717, 1.165) is 31.6 Å². The van der Waals surface area contributed by atoms with Crippen molar-refractivity contribution in [3.8, 4) is 0 Å². The molecule has 2 fully saturated rings. The van der Waals surface area contributed by atoms with Gasteiger partial charge in [0.15, 0.2) is 0 Å². The fourth-order valence-corrected chi connectivity index (χ4v) is 2.80. The van der Waals surface area contributed by atoms with Crippen LogP contribution in [0.5, 0.6) is 0 Å². The third-order valence-electron chi connectivity index (χ3n) is 4.15. The van der Waals surface area contributed by atoms with E-state index in [2.05, 4.69) is 17.5 Å². The summed E-state index contributed by atoms with van der Waals surface area (Å²) in [6, 6.07) is 0. The van der Waals surface area contributed by atoms with Crippen LogP contribution in [0.15, 0.2) is 5.10 Å². The summed E-state index contributed by atoms with van der Waals surface area (Å²) in [5.74, 6) is 1.19. The van der Waals surface area contributed by atoms with Gasteiger partial charge < -0.3 is 0 Å². The Morgan fingerprint density at radius 1 is 1.12 bits per heavy atom. The molecule has 0 radical (unpaired) electrons. The summed E-state index contributed by atoms with van der Waals surface area (Å²) >= 11 is 0. The van der Waals surface area contributed by atoms with Crippen LogP contribution in [0.4, 0.5) is 0 Å². The van der Waals surface area contributed by atoms with E-state index in [9.17, 15) is 4.79 Å². The molecule has 0 aromatic heterocycles. The van der Waals surface area contributed by atoms with Gasteiger partial charge in [-0.15, -0.1) is 0 Å². The molecule has 2 rings (SSSR count). The van der Waals surface area contributed by atoms with Crippen LogP contribution in [0.1, 0.15) is 64.7 Å². The molecular formula is C14H24N2O. The minimum absolute atomic E-state index is 0.149. The fraction of sp³-hybridized carbons (Fsp3) is 0.857. The highest BCUT2D eigenvalue weighted by molar-refractivity contribution is 5.87. The summed E-state index contributed by atoms with van der Waals surface area (Å²) in [6.07, 6.45) is 10.4. The van der Waals surface area contributed by atoms with Gasteiger partial charge in [-0.25, -0.2) is 5.43 Å². The van der Waals surface area contributed by atoms with Crippen molar-refractivity contribution in [2.75, 3.05) is 0 Å². The predicted molar refractivity (Wildman–Crippen MR) is 69.8 cm³/mol. The summed E-state index contributed by atoms with van der Waals surface area (Å²) in [4.78, 5) is 11.9. The summed E-state index contributed by atoms with van der Waals surface area (Å²) in [7, 11) is 0. The quantitative estimate of drug-likeness (QED) is 0.735. The van der Waals surface area contributed by atoms with E-state index in [1.165, 1.54) is 37.8 Å². The molecule has 0 aliphatic heterocycles. The van der Waals surface area contributed by atoms with Crippen molar-refractivity contribution in [1.82, 2.24) is 5.43 Å². The smallest absolute Gasteiger partial charge is 0.243 e. The van der Waals surface area contributed by atoms with E-state index in [1.807, 2.05) is 0 Å². The molecule has 3 heteroatoms. The number of carbonyl (C=O) groups excluding carboxylic acids is 1. The van der Waals surface area contributed by atoms with E-state index in [1.54, 1.807) is 0 Å². The first-order chi connectivity index (χ1) is 8.25. The van der Waals surface area contributed by atoms with Crippen LogP contribution in [0.2, 0.25) is 0 Å². The highest BCUT2D eigenvalue weighted by Crippen LogP contribution is 2.24. The van der Waals surface area contributed by atoms with Gasteiger partial charge in [-0.1, -0.05) is 26.2 Å². The highest BCUT2D eigenvalue weighted by Gasteiger charge is 2.21. The van der Waals surface area contributed by atoms with Gasteiger partial charge in [-0.2, -0.15) is 5.10 Å². The molecule has 0 saturated heterocycles. The van der Waals surface area contributed by atoms with Crippen LogP contribution in [0.3, 0.4) is 0 Å². The molecule has 0 aromatic carbocycles. The second kappa shape index (κ2) is 6.18. The van der Waals surface area contributed by atoms with Gasteiger partial charge in [-0.3, -0.25) is 4.79 Å². The number of hydrazone groups is 1. The molecule has 1 amide bonds. The zero-order valence-corrected chi connectivity index (χ0v) is 10.9. The number of carbonyl (C=O) groups is 1. The molecular weight excluding hydrogens is 212 g/mol. The van der Waals surface area contributed by atoms with Crippen molar-refractivity contribution in [2.45, 2.75) is 64.7 Å². The Morgan fingerprint density at radius 3 is 2.41 bits per heavy atom. The number of nitrogens with one attached hydrogen (secondary N) is 1. The predicted octanol–water partition coefficient (Wildman–Crippen LogP) is 3.25. The number of rotatable bonds is 2. The van der Waals surface area contributed by atoms with Crippen molar-refractivity contribution in [3.05, 3.63) is 0 Å². The molecule has 0 bridgehead atoms. The molecule has 0 aromatic rings. The third kappa shape index (κ3) is 3.83. The minimum Gasteiger partial charge on any atom is -0.273 e. The maximum Gasteiger partial charge on any atom is 0.243 e.